The zero-order valence-corrected chi connectivity index (χ0v) is 16.4. The molecular weight excluding hydrogens is 354 g/mol. The Balaban J connectivity index is 1.74. The highest BCUT2D eigenvalue weighted by Crippen LogP contribution is 2.18. The molecule has 0 spiro atoms. The second-order valence-electron chi connectivity index (χ2n) is 6.58. The van der Waals surface area contributed by atoms with Gasteiger partial charge in [0.15, 0.2) is 0 Å². The van der Waals surface area contributed by atoms with E-state index in [1.807, 2.05) is 19.1 Å². The molecule has 1 fully saturated rings. The Bertz CT molecular complexity index is 670. The van der Waals surface area contributed by atoms with Gasteiger partial charge in [0, 0.05) is 39.1 Å². The summed E-state index contributed by atoms with van der Waals surface area (Å²) in [5.74, 6) is -0.0457. The summed E-state index contributed by atoms with van der Waals surface area (Å²) in [6.45, 7) is 6.95. The molecular formula is C18H29N3O4S. The SMILES string of the molecule is Cc1ccc(N(CCCC(=O)NCCN2CCOCC2)S(C)(=O)=O)cc1. The Morgan fingerprint density at radius 1 is 1.23 bits per heavy atom. The van der Waals surface area contributed by atoms with E-state index in [2.05, 4.69) is 10.2 Å². The monoisotopic (exact) mass is 383 g/mol. The van der Waals surface area contributed by atoms with Gasteiger partial charge in [0.05, 0.1) is 25.2 Å². The van der Waals surface area contributed by atoms with Gasteiger partial charge in [-0.1, -0.05) is 17.7 Å². The van der Waals surface area contributed by atoms with Gasteiger partial charge in [-0.3, -0.25) is 14.0 Å². The Hall–Kier alpha value is -1.64. The minimum absolute atomic E-state index is 0.0457. The second-order valence-corrected chi connectivity index (χ2v) is 8.49. The van der Waals surface area contributed by atoms with Crippen LogP contribution in [0.5, 0.6) is 0 Å². The molecule has 146 valence electrons. The lowest BCUT2D eigenvalue weighted by molar-refractivity contribution is -0.121. The van der Waals surface area contributed by atoms with Crippen LogP contribution in [0.4, 0.5) is 5.69 Å². The summed E-state index contributed by atoms with van der Waals surface area (Å²) < 4.78 is 30.7. The Morgan fingerprint density at radius 3 is 2.50 bits per heavy atom. The van der Waals surface area contributed by atoms with Gasteiger partial charge < -0.3 is 10.1 Å². The number of amides is 1. The number of benzene rings is 1. The van der Waals surface area contributed by atoms with Crippen molar-refractivity contribution in [3.8, 4) is 0 Å². The molecule has 8 heteroatoms. The van der Waals surface area contributed by atoms with Crippen LogP contribution in [-0.4, -0.2) is 71.4 Å². The number of rotatable bonds is 9. The lowest BCUT2D eigenvalue weighted by atomic mass is 10.2. The van der Waals surface area contributed by atoms with Crippen LogP contribution < -0.4 is 9.62 Å². The van der Waals surface area contributed by atoms with Crippen molar-refractivity contribution in [2.24, 2.45) is 0 Å². The highest BCUT2D eigenvalue weighted by atomic mass is 32.2. The van der Waals surface area contributed by atoms with Crippen LogP contribution >= 0.6 is 0 Å². The first-order chi connectivity index (χ1) is 12.4. The van der Waals surface area contributed by atoms with Crippen molar-refractivity contribution in [1.82, 2.24) is 10.2 Å². The third kappa shape index (κ3) is 6.93. The molecule has 1 heterocycles. The molecule has 26 heavy (non-hydrogen) atoms. The van der Waals surface area contributed by atoms with E-state index in [1.165, 1.54) is 10.6 Å². The van der Waals surface area contributed by atoms with E-state index in [0.29, 0.717) is 31.6 Å². The maximum Gasteiger partial charge on any atom is 0.232 e. The van der Waals surface area contributed by atoms with E-state index in [4.69, 9.17) is 4.74 Å². The van der Waals surface area contributed by atoms with Gasteiger partial charge >= 0.3 is 0 Å². The maximum atomic E-state index is 12.0. The number of ether oxygens (including phenoxy) is 1. The molecule has 1 saturated heterocycles. The van der Waals surface area contributed by atoms with Crippen LogP contribution in [0.2, 0.25) is 0 Å². The Morgan fingerprint density at radius 2 is 1.88 bits per heavy atom. The lowest BCUT2D eigenvalue weighted by Crippen LogP contribution is -2.41. The predicted molar refractivity (Wildman–Crippen MR) is 103 cm³/mol. The maximum absolute atomic E-state index is 12.0. The zero-order valence-electron chi connectivity index (χ0n) is 15.6. The number of morpholine rings is 1. The van der Waals surface area contributed by atoms with E-state index < -0.39 is 10.0 Å². The largest absolute Gasteiger partial charge is 0.379 e. The van der Waals surface area contributed by atoms with Crippen molar-refractivity contribution in [1.29, 1.82) is 0 Å². The third-order valence-electron chi connectivity index (χ3n) is 4.34. The first-order valence-electron chi connectivity index (χ1n) is 8.97. The van der Waals surface area contributed by atoms with Crippen molar-refractivity contribution in [2.45, 2.75) is 19.8 Å². The molecule has 1 aliphatic rings. The van der Waals surface area contributed by atoms with Crippen molar-refractivity contribution in [3.05, 3.63) is 29.8 Å². The number of hydrogen-bond acceptors (Lipinski definition) is 5. The Kier molecular flexibility index (Phi) is 7.86. The highest BCUT2D eigenvalue weighted by Gasteiger charge is 2.17. The summed E-state index contributed by atoms with van der Waals surface area (Å²) >= 11 is 0. The molecule has 2 rings (SSSR count). The number of anilines is 1. The van der Waals surface area contributed by atoms with Crippen LogP contribution in [0.15, 0.2) is 24.3 Å². The third-order valence-corrected chi connectivity index (χ3v) is 5.54. The number of carbonyl (C=O) groups is 1. The van der Waals surface area contributed by atoms with Gasteiger partial charge in [-0.25, -0.2) is 8.42 Å². The van der Waals surface area contributed by atoms with Crippen molar-refractivity contribution >= 4 is 21.6 Å². The van der Waals surface area contributed by atoms with Crippen LogP contribution in [0.25, 0.3) is 0 Å². The van der Waals surface area contributed by atoms with Crippen molar-refractivity contribution in [2.75, 3.05) is 56.5 Å². The highest BCUT2D eigenvalue weighted by molar-refractivity contribution is 7.92. The van der Waals surface area contributed by atoms with Crippen LogP contribution in [0.1, 0.15) is 18.4 Å². The number of sulfonamides is 1. The van der Waals surface area contributed by atoms with Gasteiger partial charge in [0.25, 0.3) is 0 Å². The van der Waals surface area contributed by atoms with Gasteiger partial charge in [0.1, 0.15) is 0 Å². The van der Waals surface area contributed by atoms with Gasteiger partial charge in [-0.2, -0.15) is 0 Å². The fraction of sp³-hybridized carbons (Fsp3) is 0.611. The normalized spacial score (nSPS) is 15.6. The second kappa shape index (κ2) is 9.89. The fourth-order valence-corrected chi connectivity index (χ4v) is 3.81. The summed E-state index contributed by atoms with van der Waals surface area (Å²) in [6.07, 6.45) is 1.97. The number of nitrogens with one attached hydrogen (secondary N) is 1. The summed E-state index contributed by atoms with van der Waals surface area (Å²) in [5, 5.41) is 2.90. The minimum Gasteiger partial charge on any atom is -0.379 e. The van der Waals surface area contributed by atoms with Crippen LogP contribution in [-0.2, 0) is 19.6 Å². The minimum atomic E-state index is -3.38. The van der Waals surface area contributed by atoms with Crippen LogP contribution in [0, 0.1) is 6.92 Å². The fourth-order valence-electron chi connectivity index (χ4n) is 2.85. The topological polar surface area (TPSA) is 79.0 Å². The van der Waals surface area contributed by atoms with E-state index >= 15 is 0 Å². The molecule has 1 aliphatic heterocycles. The molecule has 0 unspecified atom stereocenters. The predicted octanol–water partition coefficient (Wildman–Crippen LogP) is 0.990. The van der Waals surface area contributed by atoms with E-state index in [0.717, 1.165) is 38.4 Å². The zero-order chi connectivity index (χ0) is 19.0. The summed E-state index contributed by atoms with van der Waals surface area (Å²) in [7, 11) is -3.38. The number of nitrogens with zero attached hydrogens (tertiary/aromatic N) is 2. The molecule has 0 aromatic heterocycles. The standard InChI is InChI=1S/C18H29N3O4S/c1-16-5-7-17(8-6-16)21(26(2,23)24)10-3-4-18(22)19-9-11-20-12-14-25-15-13-20/h5-8H,3-4,9-15H2,1-2H3,(H,19,22). The average Bonchev–Trinajstić information content (AvgIpc) is 2.60. The Labute approximate surface area is 156 Å². The number of aryl methyl sites for hydroxylation is 1. The quantitative estimate of drug-likeness (QED) is 0.688. The molecule has 1 N–H and O–H groups in total. The van der Waals surface area contributed by atoms with Gasteiger partial charge in [-0.05, 0) is 25.5 Å². The van der Waals surface area contributed by atoms with Crippen molar-refractivity contribution < 1.29 is 17.9 Å². The van der Waals surface area contributed by atoms with E-state index in [1.54, 1.807) is 12.1 Å². The van der Waals surface area contributed by atoms with Crippen LogP contribution in [0.3, 0.4) is 0 Å². The molecule has 0 aliphatic carbocycles. The van der Waals surface area contributed by atoms with Gasteiger partial charge in [-0.15, -0.1) is 0 Å². The molecule has 7 nitrogen and oxygen atoms in total. The van der Waals surface area contributed by atoms with E-state index in [9.17, 15) is 13.2 Å². The number of carbonyl (C=O) groups excluding carboxylic acids is 1. The summed E-state index contributed by atoms with van der Waals surface area (Å²) in [4.78, 5) is 14.2. The van der Waals surface area contributed by atoms with Gasteiger partial charge in [0.2, 0.25) is 15.9 Å². The molecule has 1 aromatic carbocycles. The summed E-state index contributed by atoms with van der Waals surface area (Å²) in [5.41, 5.74) is 1.70. The first-order valence-corrected chi connectivity index (χ1v) is 10.8. The average molecular weight is 384 g/mol. The smallest absolute Gasteiger partial charge is 0.232 e. The molecule has 0 radical (unpaired) electrons. The number of hydrogen-bond donors (Lipinski definition) is 1. The molecule has 1 aromatic rings. The molecule has 0 atom stereocenters. The molecule has 0 saturated carbocycles. The van der Waals surface area contributed by atoms with Crippen molar-refractivity contribution in [3.63, 3.8) is 0 Å². The molecule has 1 amide bonds. The first kappa shape index (κ1) is 20.7. The molecule has 0 bridgehead atoms. The summed E-state index contributed by atoms with van der Waals surface area (Å²) in [6, 6.07) is 7.34. The lowest BCUT2D eigenvalue weighted by Gasteiger charge is -2.26. The van der Waals surface area contributed by atoms with E-state index in [-0.39, 0.29) is 5.91 Å².